The van der Waals surface area contributed by atoms with Crippen molar-refractivity contribution < 1.29 is 13.5 Å². The highest BCUT2D eigenvalue weighted by molar-refractivity contribution is 7.94. The molecule has 0 spiro atoms. The molecule has 1 aliphatic heterocycles. The summed E-state index contributed by atoms with van der Waals surface area (Å²) in [7, 11) is -3.14. The van der Waals surface area contributed by atoms with Crippen LogP contribution in [0.4, 0.5) is 0 Å². The van der Waals surface area contributed by atoms with Crippen LogP contribution in [0.25, 0.3) is 0 Å². The van der Waals surface area contributed by atoms with Crippen LogP contribution in [0.2, 0.25) is 10.0 Å². The van der Waals surface area contributed by atoms with E-state index < -0.39 is 15.9 Å². The molecule has 0 radical (unpaired) electrons. The zero-order valence-corrected chi connectivity index (χ0v) is 11.4. The van der Waals surface area contributed by atoms with E-state index in [4.69, 9.17) is 23.2 Å². The molecule has 1 aliphatic rings. The Hall–Kier alpha value is -1.04. The molecule has 18 heavy (non-hydrogen) atoms. The van der Waals surface area contributed by atoms with Crippen molar-refractivity contribution >= 4 is 39.3 Å². The molecule has 4 nitrogen and oxygen atoms in total. The molecule has 1 atom stereocenters. The maximum absolute atomic E-state index is 11.2. The third kappa shape index (κ3) is 3.04. The lowest BCUT2D eigenvalue weighted by atomic mass is 10.2. The highest BCUT2D eigenvalue weighted by Gasteiger charge is 2.20. The fourth-order valence-electron chi connectivity index (χ4n) is 1.51. The standard InChI is InChI=1S/C11H9Cl2NO3S/c12-8-3-7(11(15)10(13)4-8)5-14-9-1-2-18(16,17)6-9/h1-5,9,15H,6H2/t9-/m0/s1. The largest absolute Gasteiger partial charge is 0.506 e. The number of aliphatic imine (C=N–C) groups is 1. The molecule has 0 unspecified atom stereocenters. The van der Waals surface area contributed by atoms with Crippen LogP contribution in [0.3, 0.4) is 0 Å². The minimum Gasteiger partial charge on any atom is -0.506 e. The molecular formula is C11H9Cl2NO3S. The SMILES string of the molecule is O=S1(=O)C=C[C@H](N=Cc2cc(Cl)cc(Cl)c2O)C1. The van der Waals surface area contributed by atoms with Gasteiger partial charge in [0, 0.05) is 22.2 Å². The first-order chi connectivity index (χ1) is 8.37. The highest BCUT2D eigenvalue weighted by atomic mass is 35.5. The van der Waals surface area contributed by atoms with Crippen molar-refractivity contribution in [3.05, 3.63) is 39.2 Å². The van der Waals surface area contributed by atoms with E-state index in [1.165, 1.54) is 24.4 Å². The predicted octanol–water partition coefficient (Wildman–Crippen LogP) is 2.43. The Balaban J connectivity index is 2.23. The fraction of sp³-hybridized carbons (Fsp3) is 0.182. The Morgan fingerprint density at radius 1 is 1.39 bits per heavy atom. The van der Waals surface area contributed by atoms with Crippen molar-refractivity contribution in [2.75, 3.05) is 5.75 Å². The van der Waals surface area contributed by atoms with Gasteiger partial charge in [-0.3, -0.25) is 4.99 Å². The van der Waals surface area contributed by atoms with Gasteiger partial charge in [-0.25, -0.2) is 8.42 Å². The Labute approximate surface area is 114 Å². The van der Waals surface area contributed by atoms with Crippen LogP contribution in [0.5, 0.6) is 5.75 Å². The smallest absolute Gasteiger partial charge is 0.173 e. The van der Waals surface area contributed by atoms with Gasteiger partial charge in [-0.1, -0.05) is 23.2 Å². The number of hydrogen-bond donors (Lipinski definition) is 1. The van der Waals surface area contributed by atoms with Gasteiger partial charge in [0.15, 0.2) is 9.84 Å². The van der Waals surface area contributed by atoms with Crippen molar-refractivity contribution in [1.29, 1.82) is 0 Å². The maximum Gasteiger partial charge on any atom is 0.173 e. The number of sulfone groups is 1. The second kappa shape index (κ2) is 4.91. The van der Waals surface area contributed by atoms with E-state index in [1.807, 2.05) is 0 Å². The van der Waals surface area contributed by atoms with Gasteiger partial charge >= 0.3 is 0 Å². The van der Waals surface area contributed by atoms with Crippen molar-refractivity contribution in [3.8, 4) is 5.75 Å². The molecule has 0 aliphatic carbocycles. The Bertz CT molecular complexity index is 638. The summed E-state index contributed by atoms with van der Waals surface area (Å²) in [6.07, 6.45) is 2.86. The van der Waals surface area contributed by atoms with E-state index in [0.717, 1.165) is 5.41 Å². The molecule has 1 aromatic carbocycles. The Kier molecular flexibility index (Phi) is 3.66. The maximum atomic E-state index is 11.2. The summed E-state index contributed by atoms with van der Waals surface area (Å²) in [5.41, 5.74) is 0.352. The van der Waals surface area contributed by atoms with E-state index in [-0.39, 0.29) is 16.5 Å². The van der Waals surface area contributed by atoms with Crippen LogP contribution in [0.15, 0.2) is 28.6 Å². The molecule has 1 N–H and O–H groups in total. The summed E-state index contributed by atoms with van der Waals surface area (Å²) in [5.74, 6) is -0.187. The monoisotopic (exact) mass is 305 g/mol. The van der Waals surface area contributed by atoms with Crippen LogP contribution in [-0.2, 0) is 9.84 Å². The topological polar surface area (TPSA) is 66.7 Å². The molecule has 0 aromatic heterocycles. The van der Waals surface area contributed by atoms with Crippen molar-refractivity contribution in [2.24, 2.45) is 4.99 Å². The molecule has 1 heterocycles. The summed E-state index contributed by atoms with van der Waals surface area (Å²) >= 11 is 11.5. The molecule has 0 amide bonds. The van der Waals surface area contributed by atoms with Crippen molar-refractivity contribution in [1.82, 2.24) is 0 Å². The van der Waals surface area contributed by atoms with Gasteiger partial charge in [-0.2, -0.15) is 0 Å². The highest BCUT2D eigenvalue weighted by Crippen LogP contribution is 2.30. The molecule has 0 bridgehead atoms. The van der Waals surface area contributed by atoms with Gasteiger partial charge in [-0.15, -0.1) is 0 Å². The average Bonchev–Trinajstić information content (AvgIpc) is 2.61. The molecule has 0 saturated carbocycles. The number of phenols is 1. The lowest BCUT2D eigenvalue weighted by molar-refractivity contribution is 0.474. The van der Waals surface area contributed by atoms with Crippen LogP contribution in [0, 0.1) is 0 Å². The number of benzene rings is 1. The Morgan fingerprint density at radius 2 is 2.11 bits per heavy atom. The lowest BCUT2D eigenvalue weighted by Gasteiger charge is -2.03. The molecule has 96 valence electrons. The minimum absolute atomic E-state index is 0.0570. The van der Waals surface area contributed by atoms with Crippen LogP contribution < -0.4 is 0 Å². The second-order valence-corrected chi connectivity index (χ2v) is 6.60. The van der Waals surface area contributed by atoms with E-state index in [9.17, 15) is 13.5 Å². The first-order valence-electron chi connectivity index (χ1n) is 4.99. The number of halogens is 2. The van der Waals surface area contributed by atoms with Crippen LogP contribution in [0.1, 0.15) is 5.56 Å². The molecule has 7 heteroatoms. The number of hydrogen-bond acceptors (Lipinski definition) is 4. The summed E-state index contributed by atoms with van der Waals surface area (Å²) < 4.78 is 22.4. The van der Waals surface area contributed by atoms with Gasteiger partial charge in [-0.05, 0) is 18.2 Å². The van der Waals surface area contributed by atoms with Gasteiger partial charge in [0.25, 0.3) is 0 Å². The fourth-order valence-corrected chi connectivity index (χ4v) is 3.23. The number of aromatic hydroxyl groups is 1. The normalized spacial score (nSPS) is 21.8. The van der Waals surface area contributed by atoms with E-state index in [2.05, 4.69) is 4.99 Å². The van der Waals surface area contributed by atoms with Crippen LogP contribution in [-0.4, -0.2) is 31.5 Å². The van der Waals surface area contributed by atoms with E-state index in [1.54, 1.807) is 0 Å². The Morgan fingerprint density at radius 3 is 2.72 bits per heavy atom. The third-order valence-corrected chi connectivity index (χ3v) is 4.26. The summed E-state index contributed by atoms with van der Waals surface area (Å²) in [6, 6.07) is 2.47. The van der Waals surface area contributed by atoms with Gasteiger partial charge in [0.2, 0.25) is 0 Å². The molecular weight excluding hydrogens is 297 g/mol. The molecule has 0 saturated heterocycles. The molecule has 1 aromatic rings. The third-order valence-electron chi connectivity index (χ3n) is 2.37. The summed E-state index contributed by atoms with van der Waals surface area (Å²) in [4.78, 5) is 4.06. The second-order valence-electron chi connectivity index (χ2n) is 3.83. The van der Waals surface area contributed by atoms with Crippen LogP contribution >= 0.6 is 23.2 Å². The quantitative estimate of drug-likeness (QED) is 0.853. The van der Waals surface area contributed by atoms with Crippen molar-refractivity contribution in [3.63, 3.8) is 0 Å². The first kappa shape index (κ1) is 13.4. The number of nitrogens with zero attached hydrogens (tertiary/aromatic N) is 1. The zero-order chi connectivity index (χ0) is 13.3. The number of rotatable bonds is 2. The summed E-state index contributed by atoms with van der Waals surface area (Å²) in [6.45, 7) is 0. The molecule has 0 fully saturated rings. The zero-order valence-electron chi connectivity index (χ0n) is 9.05. The number of phenolic OH excluding ortho intramolecular Hbond substituents is 1. The van der Waals surface area contributed by atoms with Gasteiger partial charge in [0.05, 0.1) is 16.8 Å². The lowest BCUT2D eigenvalue weighted by Crippen LogP contribution is -2.08. The predicted molar refractivity (Wildman–Crippen MR) is 72.4 cm³/mol. The summed E-state index contributed by atoms with van der Waals surface area (Å²) in [5, 5.41) is 11.3. The van der Waals surface area contributed by atoms with E-state index >= 15 is 0 Å². The van der Waals surface area contributed by atoms with Gasteiger partial charge < -0.3 is 5.11 Å². The average molecular weight is 306 g/mol. The van der Waals surface area contributed by atoms with Gasteiger partial charge in [0.1, 0.15) is 5.75 Å². The minimum atomic E-state index is -3.14. The first-order valence-corrected chi connectivity index (χ1v) is 7.47. The van der Waals surface area contributed by atoms with Crippen molar-refractivity contribution in [2.45, 2.75) is 6.04 Å². The van der Waals surface area contributed by atoms with E-state index in [0.29, 0.717) is 10.6 Å². The molecule has 2 rings (SSSR count).